The van der Waals surface area contributed by atoms with Crippen LogP contribution in [0.15, 0.2) is 35.3 Å². The van der Waals surface area contributed by atoms with Crippen LogP contribution in [0.4, 0.5) is 5.69 Å². The fourth-order valence-corrected chi connectivity index (χ4v) is 1.36. The van der Waals surface area contributed by atoms with Crippen molar-refractivity contribution in [2.45, 2.75) is 0 Å². The lowest BCUT2D eigenvalue weighted by Gasteiger charge is -1.97. The Hall–Kier alpha value is -2.17. The average molecular weight is 190 g/mol. The molecule has 14 heavy (non-hydrogen) atoms. The molecule has 0 bridgehead atoms. The standard InChI is InChI=1S/C9H6N2O3/c12-8-4-5-10-6-2-1-3-7(9(6)8)11(13)14/h1-5H,(H,10,12). The van der Waals surface area contributed by atoms with Gasteiger partial charge in [-0.3, -0.25) is 14.9 Å². The van der Waals surface area contributed by atoms with Crippen LogP contribution in [-0.4, -0.2) is 9.91 Å². The molecule has 0 amide bonds. The number of H-pyrrole nitrogens is 1. The van der Waals surface area contributed by atoms with Crippen molar-refractivity contribution in [3.8, 4) is 0 Å². The number of benzene rings is 1. The first-order valence-corrected chi connectivity index (χ1v) is 3.95. The number of aromatic nitrogens is 1. The minimum Gasteiger partial charge on any atom is -0.361 e. The summed E-state index contributed by atoms with van der Waals surface area (Å²) in [4.78, 5) is 24.2. The highest BCUT2D eigenvalue weighted by Crippen LogP contribution is 2.19. The molecule has 2 aromatic rings. The average Bonchev–Trinajstić information content (AvgIpc) is 2.17. The maximum atomic E-state index is 11.4. The number of aromatic amines is 1. The Morgan fingerprint density at radius 1 is 1.29 bits per heavy atom. The highest BCUT2D eigenvalue weighted by Gasteiger charge is 2.13. The smallest absolute Gasteiger partial charge is 0.282 e. The van der Waals surface area contributed by atoms with Gasteiger partial charge in [-0.2, -0.15) is 0 Å². The molecule has 0 atom stereocenters. The Kier molecular flexibility index (Phi) is 1.78. The predicted octanol–water partition coefficient (Wildman–Crippen LogP) is 1.44. The molecule has 1 aromatic carbocycles. The quantitative estimate of drug-likeness (QED) is 0.546. The second-order valence-corrected chi connectivity index (χ2v) is 2.80. The summed E-state index contributed by atoms with van der Waals surface area (Å²) in [6, 6.07) is 5.76. The van der Waals surface area contributed by atoms with E-state index in [9.17, 15) is 14.9 Å². The zero-order valence-corrected chi connectivity index (χ0v) is 7.06. The number of fused-ring (bicyclic) bond motifs is 1. The van der Waals surface area contributed by atoms with Crippen molar-refractivity contribution in [2.75, 3.05) is 0 Å². The minimum atomic E-state index is -0.558. The monoisotopic (exact) mass is 190 g/mol. The second-order valence-electron chi connectivity index (χ2n) is 2.80. The zero-order chi connectivity index (χ0) is 10.1. The number of hydrogen-bond acceptors (Lipinski definition) is 3. The molecule has 1 heterocycles. The Morgan fingerprint density at radius 2 is 2.07 bits per heavy atom. The maximum absolute atomic E-state index is 11.4. The van der Waals surface area contributed by atoms with Crippen LogP contribution in [-0.2, 0) is 0 Å². The summed E-state index contributed by atoms with van der Waals surface area (Å²) in [5.41, 5.74) is -0.0258. The van der Waals surface area contributed by atoms with Gasteiger partial charge in [0.15, 0.2) is 5.43 Å². The van der Waals surface area contributed by atoms with Crippen molar-refractivity contribution < 1.29 is 4.92 Å². The summed E-state index contributed by atoms with van der Waals surface area (Å²) in [5.74, 6) is 0. The lowest BCUT2D eigenvalue weighted by Crippen LogP contribution is -2.03. The van der Waals surface area contributed by atoms with Crippen LogP contribution >= 0.6 is 0 Å². The van der Waals surface area contributed by atoms with E-state index in [0.29, 0.717) is 5.52 Å². The second kappa shape index (κ2) is 2.95. The molecule has 0 saturated heterocycles. The summed E-state index contributed by atoms with van der Waals surface area (Å²) in [5, 5.41) is 10.7. The van der Waals surface area contributed by atoms with Crippen LogP contribution in [0.2, 0.25) is 0 Å². The number of pyridine rings is 1. The molecule has 70 valence electrons. The van der Waals surface area contributed by atoms with Gasteiger partial charge < -0.3 is 4.98 Å². The number of nitrogens with one attached hydrogen (secondary N) is 1. The zero-order valence-electron chi connectivity index (χ0n) is 7.06. The predicted molar refractivity (Wildman–Crippen MR) is 51.2 cm³/mol. The van der Waals surface area contributed by atoms with Crippen LogP contribution in [0.1, 0.15) is 0 Å². The highest BCUT2D eigenvalue weighted by molar-refractivity contribution is 5.87. The molecule has 0 aliphatic rings. The van der Waals surface area contributed by atoms with Crippen molar-refractivity contribution in [1.82, 2.24) is 4.98 Å². The van der Waals surface area contributed by atoms with Gasteiger partial charge >= 0.3 is 0 Å². The van der Waals surface area contributed by atoms with Gasteiger partial charge in [-0.15, -0.1) is 0 Å². The Labute approximate surface area is 78.1 Å². The Morgan fingerprint density at radius 3 is 2.79 bits per heavy atom. The molecule has 0 radical (unpaired) electrons. The normalized spacial score (nSPS) is 10.3. The van der Waals surface area contributed by atoms with Crippen LogP contribution in [0.5, 0.6) is 0 Å². The summed E-state index contributed by atoms with van der Waals surface area (Å²) in [7, 11) is 0. The third-order valence-electron chi connectivity index (χ3n) is 1.96. The van der Waals surface area contributed by atoms with E-state index in [4.69, 9.17) is 0 Å². The molecule has 1 aromatic heterocycles. The summed E-state index contributed by atoms with van der Waals surface area (Å²) >= 11 is 0. The SMILES string of the molecule is O=c1cc[nH]c2cccc([N+](=O)[O-])c12. The lowest BCUT2D eigenvalue weighted by atomic mass is 10.2. The molecule has 2 rings (SSSR count). The van der Waals surface area contributed by atoms with Gasteiger partial charge in [-0.05, 0) is 6.07 Å². The number of rotatable bonds is 1. The van der Waals surface area contributed by atoms with E-state index in [-0.39, 0.29) is 16.5 Å². The molecule has 0 saturated carbocycles. The van der Waals surface area contributed by atoms with Gasteiger partial charge in [-0.25, -0.2) is 0 Å². The highest BCUT2D eigenvalue weighted by atomic mass is 16.6. The summed E-state index contributed by atoms with van der Waals surface area (Å²) in [6.45, 7) is 0. The number of nitro groups is 1. The first-order chi connectivity index (χ1) is 6.70. The number of nitro benzene ring substituents is 1. The molecular formula is C9H6N2O3. The van der Waals surface area contributed by atoms with Gasteiger partial charge in [0.25, 0.3) is 5.69 Å². The molecule has 0 aliphatic carbocycles. The first kappa shape index (κ1) is 8.43. The van der Waals surface area contributed by atoms with E-state index < -0.39 is 4.92 Å². The fourth-order valence-electron chi connectivity index (χ4n) is 1.36. The van der Waals surface area contributed by atoms with E-state index in [1.54, 1.807) is 6.07 Å². The minimum absolute atomic E-state index is 0.125. The maximum Gasteiger partial charge on any atom is 0.282 e. The third kappa shape index (κ3) is 1.15. The number of hydrogen-bond donors (Lipinski definition) is 1. The van der Waals surface area contributed by atoms with Crippen molar-refractivity contribution in [2.24, 2.45) is 0 Å². The Bertz CT molecular complexity index is 554. The molecule has 5 nitrogen and oxygen atoms in total. The van der Waals surface area contributed by atoms with Crippen molar-refractivity contribution in [3.63, 3.8) is 0 Å². The lowest BCUT2D eigenvalue weighted by molar-refractivity contribution is -0.383. The van der Waals surface area contributed by atoms with Gasteiger partial charge in [0.2, 0.25) is 0 Å². The third-order valence-corrected chi connectivity index (χ3v) is 1.96. The summed E-state index contributed by atoms with van der Waals surface area (Å²) in [6.07, 6.45) is 1.47. The van der Waals surface area contributed by atoms with Gasteiger partial charge in [0.05, 0.1) is 10.4 Å². The fraction of sp³-hybridized carbons (Fsp3) is 0. The Balaban J connectivity index is 2.99. The largest absolute Gasteiger partial charge is 0.361 e. The van der Waals surface area contributed by atoms with Crippen LogP contribution in [0.3, 0.4) is 0 Å². The van der Waals surface area contributed by atoms with Crippen LogP contribution in [0, 0.1) is 10.1 Å². The molecule has 0 unspecified atom stereocenters. The van der Waals surface area contributed by atoms with Gasteiger partial charge in [-0.1, -0.05) is 6.07 Å². The molecule has 0 aliphatic heterocycles. The van der Waals surface area contributed by atoms with E-state index in [2.05, 4.69) is 4.98 Å². The molecule has 5 heteroatoms. The number of nitrogens with zero attached hydrogens (tertiary/aromatic N) is 1. The van der Waals surface area contributed by atoms with E-state index in [0.717, 1.165) is 0 Å². The molecule has 0 spiro atoms. The summed E-state index contributed by atoms with van der Waals surface area (Å²) < 4.78 is 0. The van der Waals surface area contributed by atoms with E-state index in [1.165, 1.54) is 24.4 Å². The van der Waals surface area contributed by atoms with E-state index >= 15 is 0 Å². The van der Waals surface area contributed by atoms with E-state index in [1.807, 2.05) is 0 Å². The first-order valence-electron chi connectivity index (χ1n) is 3.95. The van der Waals surface area contributed by atoms with Gasteiger partial charge in [0, 0.05) is 18.3 Å². The van der Waals surface area contributed by atoms with Crippen LogP contribution in [0.25, 0.3) is 10.9 Å². The van der Waals surface area contributed by atoms with Crippen molar-refractivity contribution >= 4 is 16.6 Å². The van der Waals surface area contributed by atoms with Crippen molar-refractivity contribution in [3.05, 3.63) is 50.8 Å². The topological polar surface area (TPSA) is 76.0 Å². The molecule has 0 fully saturated rings. The van der Waals surface area contributed by atoms with Gasteiger partial charge in [0.1, 0.15) is 5.39 Å². The van der Waals surface area contributed by atoms with Crippen LogP contribution < -0.4 is 5.43 Å². The molecule has 1 N–H and O–H groups in total. The molecular weight excluding hydrogens is 184 g/mol. The number of non-ortho nitro benzene ring substituents is 1. The van der Waals surface area contributed by atoms with Crippen molar-refractivity contribution in [1.29, 1.82) is 0 Å².